The van der Waals surface area contributed by atoms with Gasteiger partial charge in [0.1, 0.15) is 0 Å². The zero-order valence-electron chi connectivity index (χ0n) is 17.5. The van der Waals surface area contributed by atoms with Crippen LogP contribution in [-0.4, -0.2) is 72.3 Å². The fraction of sp³-hybridized carbons (Fsp3) is 0.571. The van der Waals surface area contributed by atoms with Crippen molar-refractivity contribution < 1.29 is 9.32 Å². The molecule has 0 spiro atoms. The molecule has 1 aromatic carbocycles. The van der Waals surface area contributed by atoms with E-state index in [1.165, 1.54) is 5.69 Å². The normalized spacial score (nSPS) is 18.9. The summed E-state index contributed by atoms with van der Waals surface area (Å²) in [6, 6.07) is 6.26. The highest BCUT2D eigenvalue weighted by molar-refractivity contribution is 5.90. The Morgan fingerprint density at radius 3 is 2.45 bits per heavy atom. The molecule has 29 heavy (non-hydrogen) atoms. The number of likely N-dealkylation sites (N-methyl/N-ethyl adjacent to an activating group) is 1. The summed E-state index contributed by atoms with van der Waals surface area (Å²) in [5.41, 5.74) is 3.19. The SMILES string of the molecule is Cc1noc(C2CCN(C(=O)Nc3ccc(N4CCN(C)CC4)cc3C)CC2)n1. The molecule has 0 saturated carbocycles. The molecular formula is C21H30N6O2. The number of piperazine rings is 1. The lowest BCUT2D eigenvalue weighted by Gasteiger charge is -2.34. The van der Waals surface area contributed by atoms with Crippen molar-refractivity contribution >= 4 is 17.4 Å². The van der Waals surface area contributed by atoms with Crippen molar-refractivity contribution in [3.05, 3.63) is 35.5 Å². The minimum Gasteiger partial charge on any atom is -0.369 e. The number of likely N-dealkylation sites (tertiary alicyclic amines) is 1. The molecule has 2 aromatic rings. The molecule has 0 radical (unpaired) electrons. The predicted molar refractivity (Wildman–Crippen MR) is 112 cm³/mol. The van der Waals surface area contributed by atoms with E-state index in [-0.39, 0.29) is 11.9 Å². The maximum absolute atomic E-state index is 12.7. The molecule has 0 atom stereocenters. The first kappa shape index (κ1) is 19.7. The molecule has 156 valence electrons. The lowest BCUT2D eigenvalue weighted by atomic mass is 9.97. The summed E-state index contributed by atoms with van der Waals surface area (Å²) in [7, 11) is 2.16. The zero-order chi connectivity index (χ0) is 20.4. The second kappa shape index (κ2) is 8.41. The number of benzene rings is 1. The standard InChI is InChI=1S/C21H30N6O2/c1-15-14-18(26-12-10-25(3)11-13-26)4-5-19(15)23-21(28)27-8-6-17(7-9-27)20-22-16(2)24-29-20/h4-5,14,17H,6-13H2,1-3H3,(H,23,28). The van der Waals surface area contributed by atoms with Crippen molar-refractivity contribution in [2.24, 2.45) is 0 Å². The molecular weight excluding hydrogens is 368 g/mol. The number of hydrogen-bond donors (Lipinski definition) is 1. The molecule has 0 bridgehead atoms. The first-order chi connectivity index (χ1) is 14.0. The Labute approximate surface area is 171 Å². The zero-order valence-corrected chi connectivity index (χ0v) is 17.5. The molecule has 2 aliphatic heterocycles. The summed E-state index contributed by atoms with van der Waals surface area (Å²) in [5.74, 6) is 1.60. The van der Waals surface area contributed by atoms with Gasteiger partial charge in [0.15, 0.2) is 5.82 Å². The van der Waals surface area contributed by atoms with Gasteiger partial charge in [-0.2, -0.15) is 4.98 Å². The van der Waals surface area contributed by atoms with Gasteiger partial charge in [-0.05, 0) is 57.5 Å². The number of nitrogens with zero attached hydrogens (tertiary/aromatic N) is 5. The molecule has 0 unspecified atom stereocenters. The third-order valence-corrected chi connectivity index (χ3v) is 5.99. The topological polar surface area (TPSA) is 77.7 Å². The number of piperidine rings is 1. The van der Waals surface area contributed by atoms with E-state index in [9.17, 15) is 4.79 Å². The molecule has 2 aliphatic rings. The van der Waals surface area contributed by atoms with E-state index in [4.69, 9.17) is 4.52 Å². The quantitative estimate of drug-likeness (QED) is 0.857. The van der Waals surface area contributed by atoms with Gasteiger partial charge < -0.3 is 24.5 Å². The van der Waals surface area contributed by atoms with E-state index in [0.29, 0.717) is 24.8 Å². The summed E-state index contributed by atoms with van der Waals surface area (Å²) in [5, 5.41) is 6.96. The minimum absolute atomic E-state index is 0.0411. The number of urea groups is 1. The second-order valence-electron chi connectivity index (χ2n) is 8.16. The minimum atomic E-state index is -0.0411. The lowest BCUT2D eigenvalue weighted by Crippen LogP contribution is -2.44. The number of carbonyl (C=O) groups excluding carboxylic acids is 1. The summed E-state index contributed by atoms with van der Waals surface area (Å²) >= 11 is 0. The molecule has 8 heteroatoms. The third-order valence-electron chi connectivity index (χ3n) is 5.99. The Kier molecular flexibility index (Phi) is 5.71. The number of rotatable bonds is 3. The van der Waals surface area contributed by atoms with Crippen molar-refractivity contribution in [1.29, 1.82) is 0 Å². The van der Waals surface area contributed by atoms with Crippen LogP contribution in [0, 0.1) is 13.8 Å². The van der Waals surface area contributed by atoms with E-state index in [1.807, 2.05) is 17.9 Å². The van der Waals surface area contributed by atoms with Crippen molar-refractivity contribution in [3.63, 3.8) is 0 Å². The maximum Gasteiger partial charge on any atom is 0.321 e. The Balaban J connectivity index is 1.32. The number of aryl methyl sites for hydroxylation is 2. The van der Waals surface area contributed by atoms with Gasteiger partial charge in [-0.1, -0.05) is 5.16 Å². The van der Waals surface area contributed by atoms with E-state index in [0.717, 1.165) is 50.3 Å². The van der Waals surface area contributed by atoms with Crippen LogP contribution in [0.3, 0.4) is 0 Å². The van der Waals surface area contributed by atoms with Crippen LogP contribution in [0.25, 0.3) is 0 Å². The smallest absolute Gasteiger partial charge is 0.321 e. The molecule has 8 nitrogen and oxygen atoms in total. The molecule has 2 saturated heterocycles. The van der Waals surface area contributed by atoms with Gasteiger partial charge in [0.05, 0.1) is 0 Å². The maximum atomic E-state index is 12.7. The first-order valence-electron chi connectivity index (χ1n) is 10.4. The third kappa shape index (κ3) is 4.53. The average Bonchev–Trinajstić information content (AvgIpc) is 3.16. The number of anilines is 2. The Morgan fingerprint density at radius 2 is 1.83 bits per heavy atom. The fourth-order valence-electron chi connectivity index (χ4n) is 4.05. The summed E-state index contributed by atoms with van der Waals surface area (Å²) in [6.45, 7) is 9.50. The molecule has 3 heterocycles. The van der Waals surface area contributed by atoms with Crippen molar-refractivity contribution in [1.82, 2.24) is 19.9 Å². The molecule has 1 N–H and O–H groups in total. The Hall–Kier alpha value is -2.61. The van der Waals surface area contributed by atoms with Crippen LogP contribution in [-0.2, 0) is 0 Å². The summed E-state index contributed by atoms with van der Waals surface area (Å²) in [6.07, 6.45) is 1.69. The number of nitrogens with one attached hydrogen (secondary N) is 1. The van der Waals surface area contributed by atoms with Crippen LogP contribution in [0.5, 0.6) is 0 Å². The van der Waals surface area contributed by atoms with Crippen LogP contribution < -0.4 is 10.2 Å². The fourth-order valence-corrected chi connectivity index (χ4v) is 4.05. The van der Waals surface area contributed by atoms with E-state index in [1.54, 1.807) is 0 Å². The van der Waals surface area contributed by atoms with Crippen LogP contribution in [0.1, 0.15) is 36.0 Å². The van der Waals surface area contributed by atoms with Crippen molar-refractivity contribution in [3.8, 4) is 0 Å². The van der Waals surface area contributed by atoms with E-state index in [2.05, 4.69) is 51.4 Å². The number of aromatic nitrogens is 2. The molecule has 2 amide bonds. The Morgan fingerprint density at radius 1 is 1.10 bits per heavy atom. The predicted octanol–water partition coefficient (Wildman–Crippen LogP) is 2.85. The average molecular weight is 399 g/mol. The largest absolute Gasteiger partial charge is 0.369 e. The van der Waals surface area contributed by atoms with Gasteiger partial charge in [-0.25, -0.2) is 4.79 Å². The molecule has 4 rings (SSSR count). The van der Waals surface area contributed by atoms with Crippen LogP contribution >= 0.6 is 0 Å². The summed E-state index contributed by atoms with van der Waals surface area (Å²) < 4.78 is 5.29. The number of hydrogen-bond acceptors (Lipinski definition) is 6. The van der Waals surface area contributed by atoms with E-state index < -0.39 is 0 Å². The molecule has 2 fully saturated rings. The highest BCUT2D eigenvalue weighted by Crippen LogP contribution is 2.28. The number of carbonyl (C=O) groups is 1. The second-order valence-corrected chi connectivity index (χ2v) is 8.16. The van der Waals surface area contributed by atoms with E-state index >= 15 is 0 Å². The highest BCUT2D eigenvalue weighted by Gasteiger charge is 2.27. The van der Waals surface area contributed by atoms with Gasteiger partial charge in [-0.15, -0.1) is 0 Å². The van der Waals surface area contributed by atoms with Crippen LogP contribution in [0.4, 0.5) is 16.2 Å². The van der Waals surface area contributed by atoms with Gasteiger partial charge >= 0.3 is 6.03 Å². The van der Waals surface area contributed by atoms with Crippen molar-refractivity contribution in [2.45, 2.75) is 32.6 Å². The molecule has 0 aliphatic carbocycles. The van der Waals surface area contributed by atoms with Gasteiger partial charge in [0.25, 0.3) is 0 Å². The first-order valence-corrected chi connectivity index (χ1v) is 10.4. The Bertz CT molecular complexity index is 851. The van der Waals surface area contributed by atoms with Gasteiger partial charge in [0.2, 0.25) is 5.89 Å². The van der Waals surface area contributed by atoms with Crippen LogP contribution in [0.2, 0.25) is 0 Å². The highest BCUT2D eigenvalue weighted by atomic mass is 16.5. The summed E-state index contributed by atoms with van der Waals surface area (Å²) in [4.78, 5) is 23.7. The van der Waals surface area contributed by atoms with Crippen molar-refractivity contribution in [2.75, 3.05) is 56.5 Å². The number of amides is 2. The lowest BCUT2D eigenvalue weighted by molar-refractivity contribution is 0.187. The van der Waals surface area contributed by atoms with Gasteiger partial charge in [-0.3, -0.25) is 0 Å². The van der Waals surface area contributed by atoms with Gasteiger partial charge in [0, 0.05) is 56.6 Å². The van der Waals surface area contributed by atoms with Crippen LogP contribution in [0.15, 0.2) is 22.7 Å². The monoisotopic (exact) mass is 398 g/mol. The molecule has 1 aromatic heterocycles.